The van der Waals surface area contributed by atoms with Gasteiger partial charge in [0, 0.05) is 31.3 Å². The van der Waals surface area contributed by atoms with Crippen LogP contribution in [0.15, 0.2) is 48.5 Å². The number of unbranched alkanes of at least 4 members (excludes halogenated alkanes) is 2. The van der Waals surface area contributed by atoms with Crippen LogP contribution in [0.25, 0.3) is 11.1 Å². The van der Waals surface area contributed by atoms with E-state index in [1.54, 1.807) is 0 Å². The molecule has 0 saturated heterocycles. The molecule has 1 atom stereocenters. The van der Waals surface area contributed by atoms with Gasteiger partial charge in [-0.1, -0.05) is 61.9 Å². The van der Waals surface area contributed by atoms with Gasteiger partial charge in [0.25, 0.3) is 0 Å². The van der Waals surface area contributed by atoms with Crippen molar-refractivity contribution in [1.29, 1.82) is 0 Å². The van der Waals surface area contributed by atoms with Gasteiger partial charge in [0.15, 0.2) is 0 Å². The first kappa shape index (κ1) is 25.3. The van der Waals surface area contributed by atoms with Crippen LogP contribution in [0.2, 0.25) is 0 Å². The number of hydrogen-bond donors (Lipinski definition) is 3. The Kier molecular flexibility index (Phi) is 9.50. The average Bonchev–Trinajstić information content (AvgIpc) is 3.16. The van der Waals surface area contributed by atoms with Crippen LogP contribution in [0, 0.1) is 0 Å². The fourth-order valence-corrected chi connectivity index (χ4v) is 4.40. The third-order valence-electron chi connectivity index (χ3n) is 6.26. The van der Waals surface area contributed by atoms with E-state index in [1.165, 1.54) is 22.3 Å². The Balaban J connectivity index is 1.31. The molecule has 1 aliphatic rings. The van der Waals surface area contributed by atoms with Gasteiger partial charge in [-0.25, -0.2) is 4.79 Å². The van der Waals surface area contributed by atoms with E-state index in [-0.39, 0.29) is 24.3 Å². The summed E-state index contributed by atoms with van der Waals surface area (Å²) in [6.07, 6.45) is 3.47. The lowest BCUT2D eigenvalue weighted by molar-refractivity contribution is -0.137. The van der Waals surface area contributed by atoms with Crippen molar-refractivity contribution in [1.82, 2.24) is 10.6 Å². The summed E-state index contributed by atoms with van der Waals surface area (Å²) in [7, 11) is 0. The molecule has 0 aromatic heterocycles. The summed E-state index contributed by atoms with van der Waals surface area (Å²) in [6, 6.07) is 16.4. The number of ether oxygens (including phenoxy) is 1. The van der Waals surface area contributed by atoms with E-state index in [9.17, 15) is 14.4 Å². The highest BCUT2D eigenvalue weighted by Crippen LogP contribution is 2.44. The van der Waals surface area contributed by atoms with Crippen molar-refractivity contribution < 1.29 is 24.2 Å². The summed E-state index contributed by atoms with van der Waals surface area (Å²) in [5.74, 6) is -0.863. The molecule has 0 bridgehead atoms. The van der Waals surface area contributed by atoms with E-state index < -0.39 is 12.1 Å². The van der Waals surface area contributed by atoms with Gasteiger partial charge in [-0.15, -0.1) is 0 Å². The number of alkyl carbamates (subject to hydrolysis) is 1. The number of fused-ring (bicyclic) bond motifs is 3. The van der Waals surface area contributed by atoms with Crippen molar-refractivity contribution in [2.45, 2.75) is 63.8 Å². The zero-order chi connectivity index (χ0) is 24.3. The molecule has 0 heterocycles. The summed E-state index contributed by atoms with van der Waals surface area (Å²) in [5.41, 5.74) is 4.76. The second-order valence-corrected chi connectivity index (χ2v) is 8.67. The Morgan fingerprint density at radius 3 is 2.21 bits per heavy atom. The molecule has 2 amide bonds. The van der Waals surface area contributed by atoms with Crippen molar-refractivity contribution in [3.8, 4) is 11.1 Å². The molecule has 3 N–H and O–H groups in total. The maximum absolute atomic E-state index is 12.2. The molecule has 1 unspecified atom stereocenters. The minimum atomic E-state index is -0.850. The standard InChI is InChI=1S/C27H34N2O5/c1-2-19(15-16-26(31)32)29-25(30)14-4-3-9-17-28-27(33)34-18-24-22-12-7-5-10-20(22)21-11-6-8-13-23(21)24/h5-8,10-13,19,24H,2-4,9,14-18H2,1H3,(H,28,33)(H,29,30)(H,31,32). The van der Waals surface area contributed by atoms with Crippen molar-refractivity contribution in [2.24, 2.45) is 0 Å². The minimum absolute atomic E-state index is 0.0408. The largest absolute Gasteiger partial charge is 0.481 e. The van der Waals surface area contributed by atoms with E-state index >= 15 is 0 Å². The molecule has 3 rings (SSSR count). The highest BCUT2D eigenvalue weighted by Gasteiger charge is 2.28. The maximum Gasteiger partial charge on any atom is 0.407 e. The van der Waals surface area contributed by atoms with Crippen LogP contribution in [0.1, 0.15) is 68.9 Å². The summed E-state index contributed by atoms with van der Waals surface area (Å²) in [6.45, 7) is 2.72. The lowest BCUT2D eigenvalue weighted by atomic mass is 9.98. The van der Waals surface area contributed by atoms with Gasteiger partial charge in [0.2, 0.25) is 5.91 Å². The Bertz CT molecular complexity index is 945. The van der Waals surface area contributed by atoms with E-state index in [1.807, 2.05) is 31.2 Å². The minimum Gasteiger partial charge on any atom is -0.481 e. The smallest absolute Gasteiger partial charge is 0.407 e. The number of rotatable bonds is 13. The van der Waals surface area contributed by atoms with Crippen LogP contribution in [0.5, 0.6) is 0 Å². The van der Waals surface area contributed by atoms with Gasteiger partial charge in [0.05, 0.1) is 0 Å². The highest BCUT2D eigenvalue weighted by atomic mass is 16.5. The van der Waals surface area contributed by atoms with Crippen molar-refractivity contribution in [3.63, 3.8) is 0 Å². The normalized spacial score (nSPS) is 13.0. The number of carboxylic acids is 1. The van der Waals surface area contributed by atoms with Crippen molar-refractivity contribution >= 4 is 18.0 Å². The predicted octanol–water partition coefficient (Wildman–Crippen LogP) is 4.85. The third kappa shape index (κ3) is 7.07. The second-order valence-electron chi connectivity index (χ2n) is 8.67. The van der Waals surface area contributed by atoms with Crippen LogP contribution in [-0.4, -0.2) is 42.3 Å². The van der Waals surface area contributed by atoms with E-state index in [4.69, 9.17) is 9.84 Å². The number of carbonyl (C=O) groups is 3. The van der Waals surface area contributed by atoms with Crippen LogP contribution < -0.4 is 10.6 Å². The van der Waals surface area contributed by atoms with Crippen LogP contribution in [-0.2, 0) is 14.3 Å². The number of nitrogens with one attached hydrogen (secondary N) is 2. The molecule has 0 saturated carbocycles. The lowest BCUT2D eigenvalue weighted by Crippen LogP contribution is -2.34. The molecule has 0 fully saturated rings. The molecule has 0 radical (unpaired) electrons. The Labute approximate surface area is 200 Å². The number of carboxylic acid groups (broad SMARTS) is 1. The quantitative estimate of drug-likeness (QED) is 0.366. The first-order valence-corrected chi connectivity index (χ1v) is 12.1. The number of carbonyl (C=O) groups excluding carboxylic acids is 2. The highest BCUT2D eigenvalue weighted by molar-refractivity contribution is 5.79. The molecular weight excluding hydrogens is 432 g/mol. The number of hydrogen-bond acceptors (Lipinski definition) is 4. The van der Waals surface area contributed by atoms with Gasteiger partial charge in [0.1, 0.15) is 6.61 Å². The van der Waals surface area contributed by atoms with Gasteiger partial charge >= 0.3 is 12.1 Å². The summed E-state index contributed by atoms with van der Waals surface area (Å²) >= 11 is 0. The van der Waals surface area contributed by atoms with Gasteiger partial charge < -0.3 is 20.5 Å². The monoisotopic (exact) mass is 466 g/mol. The molecule has 2 aromatic rings. The van der Waals surface area contributed by atoms with E-state index in [0.717, 1.165) is 12.8 Å². The van der Waals surface area contributed by atoms with Gasteiger partial charge in [-0.3, -0.25) is 9.59 Å². The first-order valence-electron chi connectivity index (χ1n) is 12.1. The average molecular weight is 467 g/mol. The molecular formula is C27H34N2O5. The zero-order valence-electron chi connectivity index (χ0n) is 19.7. The topological polar surface area (TPSA) is 105 Å². The van der Waals surface area contributed by atoms with E-state index in [0.29, 0.717) is 38.8 Å². The SMILES string of the molecule is CCC(CCC(=O)O)NC(=O)CCCCCNC(=O)OCC1c2ccccc2-c2ccccc21. The molecule has 2 aromatic carbocycles. The number of aliphatic carboxylic acids is 1. The van der Waals surface area contributed by atoms with Crippen LogP contribution in [0.3, 0.4) is 0 Å². The van der Waals surface area contributed by atoms with Crippen LogP contribution in [0.4, 0.5) is 4.79 Å². The second kappa shape index (κ2) is 12.8. The van der Waals surface area contributed by atoms with Crippen molar-refractivity contribution in [2.75, 3.05) is 13.2 Å². The Morgan fingerprint density at radius 1 is 0.941 bits per heavy atom. The fourth-order valence-electron chi connectivity index (χ4n) is 4.40. The fraction of sp³-hybridized carbons (Fsp3) is 0.444. The zero-order valence-corrected chi connectivity index (χ0v) is 19.7. The third-order valence-corrected chi connectivity index (χ3v) is 6.26. The predicted molar refractivity (Wildman–Crippen MR) is 131 cm³/mol. The summed E-state index contributed by atoms with van der Waals surface area (Å²) in [5, 5.41) is 14.5. The van der Waals surface area contributed by atoms with Crippen LogP contribution >= 0.6 is 0 Å². The van der Waals surface area contributed by atoms with E-state index in [2.05, 4.69) is 34.9 Å². The molecule has 7 heteroatoms. The lowest BCUT2D eigenvalue weighted by Gasteiger charge is -2.16. The van der Waals surface area contributed by atoms with Gasteiger partial charge in [-0.05, 0) is 47.9 Å². The summed E-state index contributed by atoms with van der Waals surface area (Å²) in [4.78, 5) is 34.9. The molecule has 0 spiro atoms. The van der Waals surface area contributed by atoms with Gasteiger partial charge in [-0.2, -0.15) is 0 Å². The number of amides is 2. The first-order chi connectivity index (χ1) is 16.5. The van der Waals surface area contributed by atoms with Crippen molar-refractivity contribution in [3.05, 3.63) is 59.7 Å². The summed E-state index contributed by atoms with van der Waals surface area (Å²) < 4.78 is 5.52. The molecule has 34 heavy (non-hydrogen) atoms. The maximum atomic E-state index is 12.2. The molecule has 182 valence electrons. The molecule has 0 aliphatic heterocycles. The molecule has 1 aliphatic carbocycles. The Morgan fingerprint density at radius 2 is 1.59 bits per heavy atom. The number of benzene rings is 2. The molecule has 7 nitrogen and oxygen atoms in total. The Hall–Kier alpha value is -3.35.